The number of dihydropyridines is 1. The average Bonchev–Trinajstić information content (AvgIpc) is 2.81. The van der Waals surface area contributed by atoms with E-state index in [1.165, 1.54) is 21.3 Å². The molecule has 184 valence electrons. The number of carbonyl (C=O) groups is 2. The van der Waals surface area contributed by atoms with Crippen LogP contribution in [0.2, 0.25) is 0 Å². The first-order valence-electron chi connectivity index (χ1n) is 11.5. The van der Waals surface area contributed by atoms with Gasteiger partial charge in [-0.15, -0.1) is 0 Å². The fourth-order valence-corrected chi connectivity index (χ4v) is 4.96. The van der Waals surface area contributed by atoms with Gasteiger partial charge >= 0.3 is 0 Å². The minimum Gasteiger partial charge on any atom is -0.493 e. The van der Waals surface area contributed by atoms with E-state index < -0.39 is 5.92 Å². The van der Waals surface area contributed by atoms with Crippen molar-refractivity contribution in [1.82, 2.24) is 10.3 Å². The number of ether oxygens (including phenoxy) is 3. The van der Waals surface area contributed by atoms with Crippen molar-refractivity contribution < 1.29 is 23.8 Å². The Bertz CT molecular complexity index is 1210. The third kappa shape index (κ3) is 4.60. The summed E-state index contributed by atoms with van der Waals surface area (Å²) >= 11 is 0. The summed E-state index contributed by atoms with van der Waals surface area (Å²) in [7, 11) is 4.62. The highest BCUT2D eigenvalue weighted by Gasteiger charge is 2.43. The number of benzene rings is 1. The zero-order valence-electron chi connectivity index (χ0n) is 20.9. The molecule has 0 radical (unpaired) electrons. The van der Waals surface area contributed by atoms with Gasteiger partial charge in [-0.25, -0.2) is 4.98 Å². The molecule has 1 atom stereocenters. The van der Waals surface area contributed by atoms with Crippen LogP contribution in [0.1, 0.15) is 45.1 Å². The number of Topliss-reactive ketones (excluding diaryl/α,β-unsaturated/α-hetero) is 1. The molecule has 0 spiro atoms. The van der Waals surface area contributed by atoms with E-state index in [0.29, 0.717) is 58.3 Å². The van der Waals surface area contributed by atoms with E-state index in [0.717, 1.165) is 5.70 Å². The number of anilines is 1. The van der Waals surface area contributed by atoms with Gasteiger partial charge < -0.3 is 24.8 Å². The van der Waals surface area contributed by atoms with Gasteiger partial charge in [-0.05, 0) is 48.6 Å². The second-order valence-corrected chi connectivity index (χ2v) is 9.56. The summed E-state index contributed by atoms with van der Waals surface area (Å²) in [5, 5.41) is 6.25. The summed E-state index contributed by atoms with van der Waals surface area (Å²) in [6.45, 7) is 6.01. The Labute approximate surface area is 205 Å². The minimum absolute atomic E-state index is 0.0122. The van der Waals surface area contributed by atoms with E-state index in [2.05, 4.69) is 29.5 Å². The van der Waals surface area contributed by atoms with Crippen LogP contribution in [0.3, 0.4) is 0 Å². The number of allylic oxidation sites excluding steroid dienone is 3. The number of rotatable bonds is 6. The number of aromatic nitrogens is 1. The summed E-state index contributed by atoms with van der Waals surface area (Å²) in [6.07, 6.45) is 2.70. The molecular formula is C27H31N3O5. The number of methoxy groups -OCH3 is 3. The SMILES string of the molecule is COc1cc(C2C(C(=O)Nc3ccccn3)=C(C)NC3=C2C(=O)CC(C)(C)C3)cc(OC)c1OC. The van der Waals surface area contributed by atoms with Crippen LogP contribution in [0.4, 0.5) is 5.82 Å². The Morgan fingerprint density at radius 1 is 1.09 bits per heavy atom. The first-order chi connectivity index (χ1) is 16.7. The fraction of sp³-hybridized carbons (Fsp3) is 0.370. The van der Waals surface area contributed by atoms with Gasteiger partial charge in [0.2, 0.25) is 5.75 Å². The first-order valence-corrected chi connectivity index (χ1v) is 11.5. The molecular weight excluding hydrogens is 446 g/mol. The predicted octanol–water partition coefficient (Wildman–Crippen LogP) is 4.35. The number of nitrogens with zero attached hydrogens (tertiary/aromatic N) is 1. The lowest BCUT2D eigenvalue weighted by Crippen LogP contribution is -2.39. The monoisotopic (exact) mass is 477 g/mol. The Hall–Kier alpha value is -3.81. The van der Waals surface area contributed by atoms with Crippen LogP contribution < -0.4 is 24.8 Å². The first kappa shape index (κ1) is 24.3. The van der Waals surface area contributed by atoms with Gasteiger partial charge in [-0.3, -0.25) is 9.59 Å². The summed E-state index contributed by atoms with van der Waals surface area (Å²) in [6, 6.07) is 8.90. The third-order valence-electron chi connectivity index (χ3n) is 6.41. The lowest BCUT2D eigenvalue weighted by Gasteiger charge is -2.39. The van der Waals surface area contributed by atoms with Crippen LogP contribution in [0.25, 0.3) is 0 Å². The fourth-order valence-electron chi connectivity index (χ4n) is 4.96. The van der Waals surface area contributed by atoms with E-state index in [1.807, 2.05) is 6.92 Å². The molecule has 4 rings (SSSR count). The zero-order chi connectivity index (χ0) is 25.3. The molecule has 0 saturated carbocycles. The standard InChI is InChI=1S/C27H31N3O5/c1-15-22(26(32)30-21-9-7-8-10-28-21)23(24-17(29-15)13-27(2,3)14-18(24)31)16-11-19(33-4)25(35-6)20(12-16)34-5/h7-12,23,29H,13-14H2,1-6H3,(H,28,30,32). The molecule has 1 aromatic heterocycles. The van der Waals surface area contributed by atoms with Gasteiger partial charge in [0.15, 0.2) is 17.3 Å². The van der Waals surface area contributed by atoms with Gasteiger partial charge in [0.25, 0.3) is 5.91 Å². The van der Waals surface area contributed by atoms with Gasteiger partial charge in [0.1, 0.15) is 5.82 Å². The second-order valence-electron chi connectivity index (χ2n) is 9.56. The molecule has 2 aromatic rings. The van der Waals surface area contributed by atoms with Crippen molar-refractivity contribution in [3.63, 3.8) is 0 Å². The lowest BCUT2D eigenvalue weighted by molar-refractivity contribution is -0.118. The molecule has 2 aliphatic rings. The van der Waals surface area contributed by atoms with E-state index in [9.17, 15) is 9.59 Å². The molecule has 1 aliphatic heterocycles. The Morgan fingerprint density at radius 2 is 1.77 bits per heavy atom. The maximum atomic E-state index is 13.6. The highest BCUT2D eigenvalue weighted by Crippen LogP contribution is 2.49. The zero-order valence-corrected chi connectivity index (χ0v) is 20.9. The summed E-state index contributed by atoms with van der Waals surface area (Å²) in [4.78, 5) is 31.4. The molecule has 8 nitrogen and oxygen atoms in total. The van der Waals surface area contributed by atoms with Gasteiger partial charge in [0, 0.05) is 41.1 Å². The predicted molar refractivity (Wildman–Crippen MR) is 133 cm³/mol. The van der Waals surface area contributed by atoms with Gasteiger partial charge in [0.05, 0.1) is 21.3 Å². The molecule has 1 aliphatic carbocycles. The third-order valence-corrected chi connectivity index (χ3v) is 6.41. The van der Waals surface area contributed by atoms with Crippen LogP contribution >= 0.6 is 0 Å². The molecule has 1 amide bonds. The van der Waals surface area contributed by atoms with Crippen molar-refractivity contribution in [2.75, 3.05) is 26.6 Å². The topological polar surface area (TPSA) is 98.8 Å². The quantitative estimate of drug-likeness (QED) is 0.638. The number of hydrogen-bond donors (Lipinski definition) is 2. The van der Waals surface area contributed by atoms with E-state index in [1.54, 1.807) is 36.5 Å². The van der Waals surface area contributed by atoms with Crippen molar-refractivity contribution in [2.24, 2.45) is 5.41 Å². The summed E-state index contributed by atoms with van der Waals surface area (Å²) < 4.78 is 16.6. The van der Waals surface area contributed by atoms with Crippen LogP contribution in [-0.4, -0.2) is 38.0 Å². The molecule has 1 aromatic carbocycles. The summed E-state index contributed by atoms with van der Waals surface area (Å²) in [5.74, 6) is 0.832. The van der Waals surface area contributed by atoms with Crippen LogP contribution in [0.15, 0.2) is 59.1 Å². The van der Waals surface area contributed by atoms with Crippen molar-refractivity contribution in [1.29, 1.82) is 0 Å². The van der Waals surface area contributed by atoms with Crippen LogP contribution in [-0.2, 0) is 9.59 Å². The van der Waals surface area contributed by atoms with E-state index >= 15 is 0 Å². The minimum atomic E-state index is -0.618. The van der Waals surface area contributed by atoms with Crippen molar-refractivity contribution in [3.05, 3.63) is 64.6 Å². The number of ketones is 1. The average molecular weight is 478 g/mol. The molecule has 1 unspecified atom stereocenters. The van der Waals surface area contributed by atoms with Crippen molar-refractivity contribution in [3.8, 4) is 17.2 Å². The Balaban J connectivity index is 1.90. The van der Waals surface area contributed by atoms with E-state index in [4.69, 9.17) is 14.2 Å². The van der Waals surface area contributed by atoms with Gasteiger partial charge in [-0.1, -0.05) is 19.9 Å². The smallest absolute Gasteiger partial charge is 0.255 e. The molecule has 0 saturated heterocycles. The highest BCUT2D eigenvalue weighted by atomic mass is 16.5. The van der Waals surface area contributed by atoms with Crippen molar-refractivity contribution >= 4 is 17.5 Å². The maximum Gasteiger partial charge on any atom is 0.255 e. The largest absolute Gasteiger partial charge is 0.493 e. The molecule has 0 fully saturated rings. The van der Waals surface area contributed by atoms with Crippen molar-refractivity contribution in [2.45, 2.75) is 39.5 Å². The Kier molecular flexibility index (Phi) is 6.56. The normalized spacial score (nSPS) is 19.0. The van der Waals surface area contributed by atoms with Crippen LogP contribution in [0.5, 0.6) is 17.2 Å². The number of carbonyl (C=O) groups excluding carboxylic acids is 2. The number of amides is 1. The molecule has 35 heavy (non-hydrogen) atoms. The number of nitrogens with one attached hydrogen (secondary N) is 2. The molecule has 2 N–H and O–H groups in total. The molecule has 8 heteroatoms. The number of hydrogen-bond acceptors (Lipinski definition) is 7. The lowest BCUT2D eigenvalue weighted by atomic mass is 9.68. The Morgan fingerprint density at radius 3 is 2.34 bits per heavy atom. The summed E-state index contributed by atoms with van der Waals surface area (Å²) in [5.41, 5.74) is 3.08. The highest BCUT2D eigenvalue weighted by molar-refractivity contribution is 6.09. The molecule has 2 heterocycles. The molecule has 0 bridgehead atoms. The second kappa shape index (κ2) is 9.44. The van der Waals surface area contributed by atoms with Crippen LogP contribution in [0, 0.1) is 5.41 Å². The van der Waals surface area contributed by atoms with Gasteiger partial charge in [-0.2, -0.15) is 0 Å². The maximum absolute atomic E-state index is 13.6. The van der Waals surface area contributed by atoms with E-state index in [-0.39, 0.29) is 17.1 Å². The number of pyridine rings is 1.